The summed E-state index contributed by atoms with van der Waals surface area (Å²) in [5.74, 6) is 0. The van der Waals surface area contributed by atoms with Gasteiger partial charge in [-0.1, -0.05) is 0 Å². The molecule has 0 amide bonds. The molecule has 0 saturated carbocycles. The molecule has 2 aromatic heterocycles. The van der Waals surface area contributed by atoms with Crippen molar-refractivity contribution in [1.82, 2.24) is 15.0 Å². The highest BCUT2D eigenvalue weighted by Crippen LogP contribution is 2.22. The number of hydrogen-bond acceptors (Lipinski definition) is 5. The zero-order valence-electron chi connectivity index (χ0n) is 7.77. The molecule has 5 heteroatoms. The molecule has 2 rings (SSSR count). The molecule has 2 heterocycles. The molecule has 0 aliphatic carbocycles. The number of thiazole rings is 1. The van der Waals surface area contributed by atoms with Crippen molar-refractivity contribution >= 4 is 16.5 Å². The highest BCUT2D eigenvalue weighted by molar-refractivity contribution is 7.15. The predicted octanol–water partition coefficient (Wildman–Crippen LogP) is 1.41. The first kappa shape index (κ1) is 9.08. The summed E-state index contributed by atoms with van der Waals surface area (Å²) in [4.78, 5) is 13.3. The Morgan fingerprint density at radius 1 is 1.36 bits per heavy atom. The maximum atomic E-state index is 5.61. The largest absolute Gasteiger partial charge is 0.375 e. The van der Waals surface area contributed by atoms with E-state index < -0.39 is 0 Å². The van der Waals surface area contributed by atoms with Gasteiger partial charge >= 0.3 is 0 Å². The zero-order chi connectivity index (χ0) is 9.97. The third kappa shape index (κ3) is 1.88. The van der Waals surface area contributed by atoms with Crippen LogP contribution in [0.3, 0.4) is 0 Å². The molecule has 0 fully saturated rings. The van der Waals surface area contributed by atoms with Gasteiger partial charge in [-0.2, -0.15) is 0 Å². The van der Waals surface area contributed by atoms with Crippen molar-refractivity contribution in [1.29, 1.82) is 0 Å². The Labute approximate surface area is 85.9 Å². The van der Waals surface area contributed by atoms with Crippen molar-refractivity contribution in [3.8, 4) is 0 Å². The highest BCUT2D eigenvalue weighted by Gasteiger charge is 2.05. The number of hydrogen-bond donors (Lipinski definition) is 1. The second-order valence-corrected chi connectivity index (χ2v) is 4.10. The molecule has 0 aromatic carbocycles. The van der Waals surface area contributed by atoms with Gasteiger partial charge in [-0.25, -0.2) is 15.0 Å². The van der Waals surface area contributed by atoms with Crippen LogP contribution in [0.1, 0.15) is 16.1 Å². The summed E-state index contributed by atoms with van der Waals surface area (Å²) in [6.45, 7) is 1.96. The lowest BCUT2D eigenvalue weighted by molar-refractivity contribution is 1.07. The minimum atomic E-state index is 0.620. The van der Waals surface area contributed by atoms with Crippen LogP contribution in [0.4, 0.5) is 5.13 Å². The smallest absolute Gasteiger partial charge is 0.180 e. The minimum absolute atomic E-state index is 0.620. The van der Waals surface area contributed by atoms with E-state index in [0.717, 1.165) is 17.7 Å². The second-order valence-electron chi connectivity index (χ2n) is 2.98. The van der Waals surface area contributed by atoms with E-state index in [1.807, 2.05) is 19.3 Å². The van der Waals surface area contributed by atoms with Crippen LogP contribution in [-0.2, 0) is 6.42 Å². The van der Waals surface area contributed by atoms with E-state index in [9.17, 15) is 0 Å². The third-order valence-corrected chi connectivity index (χ3v) is 2.87. The Bertz CT molecular complexity index is 424. The van der Waals surface area contributed by atoms with E-state index in [-0.39, 0.29) is 0 Å². The predicted molar refractivity (Wildman–Crippen MR) is 56.1 cm³/mol. The van der Waals surface area contributed by atoms with E-state index >= 15 is 0 Å². The number of nitrogens with two attached hydrogens (primary N) is 1. The Morgan fingerprint density at radius 3 is 2.64 bits per heavy atom. The molecule has 14 heavy (non-hydrogen) atoms. The van der Waals surface area contributed by atoms with Crippen LogP contribution in [0.25, 0.3) is 0 Å². The number of rotatable bonds is 2. The van der Waals surface area contributed by atoms with Gasteiger partial charge < -0.3 is 5.73 Å². The van der Waals surface area contributed by atoms with Gasteiger partial charge in [0.05, 0.1) is 5.69 Å². The minimum Gasteiger partial charge on any atom is -0.375 e. The van der Waals surface area contributed by atoms with Crippen LogP contribution in [-0.4, -0.2) is 15.0 Å². The van der Waals surface area contributed by atoms with Crippen molar-refractivity contribution in [2.24, 2.45) is 0 Å². The van der Waals surface area contributed by atoms with Crippen molar-refractivity contribution in [2.75, 3.05) is 5.73 Å². The molecule has 0 aliphatic rings. The molecule has 2 aromatic rings. The standard InChI is InChI=1S/C9H10N4S/c1-6-8(14-9(10)13-6)2-7-3-11-5-12-4-7/h3-5H,2H2,1H3,(H2,10,13). The number of aromatic nitrogens is 3. The molecule has 4 nitrogen and oxygen atoms in total. The quantitative estimate of drug-likeness (QED) is 0.807. The first-order chi connectivity index (χ1) is 6.75. The van der Waals surface area contributed by atoms with Gasteiger partial charge in [-0.05, 0) is 12.5 Å². The van der Waals surface area contributed by atoms with Crippen LogP contribution in [0.5, 0.6) is 0 Å². The van der Waals surface area contributed by atoms with Crippen LogP contribution in [0, 0.1) is 6.92 Å². The lowest BCUT2D eigenvalue weighted by Gasteiger charge is -1.96. The Hall–Kier alpha value is -1.49. The summed E-state index contributed by atoms with van der Waals surface area (Å²) < 4.78 is 0. The van der Waals surface area contributed by atoms with Gasteiger partial charge in [0.25, 0.3) is 0 Å². The molecule has 0 aliphatic heterocycles. The highest BCUT2D eigenvalue weighted by atomic mass is 32.1. The maximum absolute atomic E-state index is 5.61. The summed E-state index contributed by atoms with van der Waals surface area (Å²) in [5, 5.41) is 0.620. The van der Waals surface area contributed by atoms with Gasteiger partial charge in [-0.3, -0.25) is 0 Å². The molecule has 0 bridgehead atoms. The molecule has 0 saturated heterocycles. The molecule has 0 radical (unpaired) electrons. The van der Waals surface area contributed by atoms with E-state index in [1.54, 1.807) is 0 Å². The Morgan fingerprint density at radius 2 is 2.07 bits per heavy atom. The first-order valence-electron chi connectivity index (χ1n) is 4.21. The Kier molecular flexibility index (Phi) is 2.41. The summed E-state index contributed by atoms with van der Waals surface area (Å²) in [6, 6.07) is 0. The Balaban J connectivity index is 2.23. The van der Waals surface area contributed by atoms with E-state index in [4.69, 9.17) is 5.73 Å². The molecule has 0 atom stereocenters. The third-order valence-electron chi connectivity index (χ3n) is 1.89. The van der Waals surface area contributed by atoms with E-state index in [2.05, 4.69) is 15.0 Å². The molecular formula is C9H10N4S. The number of anilines is 1. The number of nitrogen functional groups attached to an aromatic ring is 1. The topological polar surface area (TPSA) is 64.7 Å². The molecule has 0 spiro atoms. The fourth-order valence-electron chi connectivity index (χ4n) is 1.22. The molecule has 0 unspecified atom stereocenters. The van der Waals surface area contributed by atoms with Crippen LogP contribution < -0.4 is 5.73 Å². The fourth-order valence-corrected chi connectivity index (χ4v) is 2.09. The maximum Gasteiger partial charge on any atom is 0.180 e. The monoisotopic (exact) mass is 206 g/mol. The second kappa shape index (κ2) is 3.71. The number of aryl methyl sites for hydroxylation is 1. The SMILES string of the molecule is Cc1nc(N)sc1Cc1cncnc1. The fraction of sp³-hybridized carbons (Fsp3) is 0.222. The van der Waals surface area contributed by atoms with Crippen LogP contribution >= 0.6 is 11.3 Å². The average Bonchev–Trinajstić information content (AvgIpc) is 2.47. The van der Waals surface area contributed by atoms with E-state index in [0.29, 0.717) is 5.13 Å². The van der Waals surface area contributed by atoms with Crippen LogP contribution in [0.2, 0.25) is 0 Å². The van der Waals surface area contributed by atoms with Crippen LogP contribution in [0.15, 0.2) is 18.7 Å². The van der Waals surface area contributed by atoms with Gasteiger partial charge in [0, 0.05) is 23.7 Å². The number of nitrogens with zero attached hydrogens (tertiary/aromatic N) is 3. The molecule has 2 N–H and O–H groups in total. The molecule has 72 valence electrons. The summed E-state index contributed by atoms with van der Waals surface area (Å²) >= 11 is 1.52. The van der Waals surface area contributed by atoms with Crippen molar-refractivity contribution in [3.63, 3.8) is 0 Å². The van der Waals surface area contributed by atoms with Crippen molar-refractivity contribution < 1.29 is 0 Å². The van der Waals surface area contributed by atoms with E-state index in [1.165, 1.54) is 22.5 Å². The first-order valence-corrected chi connectivity index (χ1v) is 5.03. The van der Waals surface area contributed by atoms with Gasteiger partial charge in [-0.15, -0.1) is 11.3 Å². The van der Waals surface area contributed by atoms with Crippen molar-refractivity contribution in [2.45, 2.75) is 13.3 Å². The van der Waals surface area contributed by atoms with Gasteiger partial charge in [0.2, 0.25) is 0 Å². The summed E-state index contributed by atoms with van der Waals surface area (Å²) in [6.07, 6.45) is 5.95. The molecular weight excluding hydrogens is 196 g/mol. The zero-order valence-corrected chi connectivity index (χ0v) is 8.58. The lowest BCUT2D eigenvalue weighted by atomic mass is 10.2. The summed E-state index contributed by atoms with van der Waals surface area (Å²) in [7, 11) is 0. The average molecular weight is 206 g/mol. The summed E-state index contributed by atoms with van der Waals surface area (Å²) in [5.41, 5.74) is 7.69. The lowest BCUT2D eigenvalue weighted by Crippen LogP contribution is -1.89. The van der Waals surface area contributed by atoms with Gasteiger partial charge in [0.1, 0.15) is 6.33 Å². The normalized spacial score (nSPS) is 10.4. The van der Waals surface area contributed by atoms with Gasteiger partial charge in [0.15, 0.2) is 5.13 Å². The van der Waals surface area contributed by atoms with Crippen molar-refractivity contribution in [3.05, 3.63) is 34.9 Å².